The number of carbonyl (C=O) groups excluding carboxylic acids is 1. The number of likely N-dealkylation sites (tertiary alicyclic amines) is 1. The predicted octanol–water partition coefficient (Wildman–Crippen LogP) is 0.796. The molecule has 0 aromatic carbocycles. The van der Waals surface area contributed by atoms with Crippen LogP contribution in [0.15, 0.2) is 0 Å². The Hall–Kier alpha value is -1.30. The minimum absolute atomic E-state index is 0.0447. The average Bonchev–Trinajstić information content (AvgIpc) is 2.81. The molecule has 0 bridgehead atoms. The summed E-state index contributed by atoms with van der Waals surface area (Å²) in [7, 11) is 0. The number of rotatable bonds is 4. The standard InChI is InChI=1S/C13H22N2O4/c16-8-6-10(12(17)18)14-13(19)15-7-5-9-3-1-2-4-11(9)15/h9-11,16H,1-8H2,(H,14,19)(H,17,18)/t9?,10-,11?/m0/s1. The lowest BCUT2D eigenvalue weighted by atomic mass is 9.85. The number of amides is 2. The summed E-state index contributed by atoms with van der Waals surface area (Å²) in [4.78, 5) is 24.9. The molecule has 6 heteroatoms. The fourth-order valence-electron chi connectivity index (χ4n) is 3.28. The van der Waals surface area contributed by atoms with Crippen LogP contribution >= 0.6 is 0 Å². The van der Waals surface area contributed by atoms with E-state index in [-0.39, 0.29) is 25.1 Å². The number of urea groups is 1. The number of nitrogens with zero attached hydrogens (tertiary/aromatic N) is 1. The highest BCUT2D eigenvalue weighted by molar-refractivity contribution is 5.82. The van der Waals surface area contributed by atoms with E-state index in [2.05, 4.69) is 5.32 Å². The van der Waals surface area contributed by atoms with E-state index in [1.165, 1.54) is 12.8 Å². The van der Waals surface area contributed by atoms with Crippen molar-refractivity contribution >= 4 is 12.0 Å². The molecule has 0 spiro atoms. The number of nitrogens with one attached hydrogen (secondary N) is 1. The van der Waals surface area contributed by atoms with Gasteiger partial charge in [-0.15, -0.1) is 0 Å². The number of fused-ring (bicyclic) bond motifs is 1. The van der Waals surface area contributed by atoms with Crippen molar-refractivity contribution in [2.75, 3.05) is 13.2 Å². The summed E-state index contributed by atoms with van der Waals surface area (Å²) in [6, 6.07) is -1.02. The van der Waals surface area contributed by atoms with Crippen LogP contribution in [-0.4, -0.2) is 52.3 Å². The van der Waals surface area contributed by atoms with E-state index in [0.717, 1.165) is 19.3 Å². The van der Waals surface area contributed by atoms with Crippen LogP contribution in [0, 0.1) is 5.92 Å². The molecule has 2 rings (SSSR count). The lowest BCUT2D eigenvalue weighted by molar-refractivity contribution is -0.139. The van der Waals surface area contributed by atoms with E-state index in [9.17, 15) is 9.59 Å². The fourth-order valence-corrected chi connectivity index (χ4v) is 3.28. The van der Waals surface area contributed by atoms with Crippen LogP contribution in [0.1, 0.15) is 38.5 Å². The summed E-state index contributed by atoms with van der Waals surface area (Å²) < 4.78 is 0. The quantitative estimate of drug-likeness (QED) is 0.704. The maximum atomic E-state index is 12.2. The Morgan fingerprint density at radius 2 is 2.00 bits per heavy atom. The predicted molar refractivity (Wildman–Crippen MR) is 68.7 cm³/mol. The summed E-state index contributed by atoms with van der Waals surface area (Å²) in [5, 5.41) is 20.3. The topological polar surface area (TPSA) is 89.9 Å². The number of carboxylic acid groups (broad SMARTS) is 1. The zero-order valence-electron chi connectivity index (χ0n) is 11.0. The molecule has 2 amide bonds. The van der Waals surface area contributed by atoms with Crippen LogP contribution in [0.2, 0.25) is 0 Å². The molecule has 1 saturated carbocycles. The second-order valence-electron chi connectivity index (χ2n) is 5.45. The molecule has 6 nitrogen and oxygen atoms in total. The number of carboxylic acids is 1. The van der Waals surface area contributed by atoms with E-state index in [1.807, 2.05) is 0 Å². The molecule has 19 heavy (non-hydrogen) atoms. The first-order valence-electron chi connectivity index (χ1n) is 7.04. The van der Waals surface area contributed by atoms with Gasteiger partial charge in [0, 0.05) is 25.6 Å². The molecular formula is C13H22N2O4. The van der Waals surface area contributed by atoms with E-state index in [1.54, 1.807) is 4.90 Å². The Morgan fingerprint density at radius 1 is 1.26 bits per heavy atom. The first-order valence-corrected chi connectivity index (χ1v) is 7.04. The second kappa shape index (κ2) is 6.23. The van der Waals surface area contributed by atoms with Crippen LogP contribution in [0.5, 0.6) is 0 Å². The Balaban J connectivity index is 1.93. The van der Waals surface area contributed by atoms with Gasteiger partial charge in [0.1, 0.15) is 6.04 Å². The van der Waals surface area contributed by atoms with Gasteiger partial charge >= 0.3 is 12.0 Å². The lowest BCUT2D eigenvalue weighted by Gasteiger charge is -2.32. The van der Waals surface area contributed by atoms with Crippen molar-refractivity contribution in [2.45, 2.75) is 50.6 Å². The number of carbonyl (C=O) groups is 2. The second-order valence-corrected chi connectivity index (χ2v) is 5.45. The van der Waals surface area contributed by atoms with Crippen molar-refractivity contribution in [3.63, 3.8) is 0 Å². The van der Waals surface area contributed by atoms with Crippen molar-refractivity contribution in [2.24, 2.45) is 5.92 Å². The maximum Gasteiger partial charge on any atom is 0.326 e. The molecule has 2 unspecified atom stereocenters. The van der Waals surface area contributed by atoms with Crippen molar-refractivity contribution in [3.05, 3.63) is 0 Å². The number of hydrogen-bond acceptors (Lipinski definition) is 3. The highest BCUT2D eigenvalue weighted by Crippen LogP contribution is 2.36. The minimum atomic E-state index is -1.10. The van der Waals surface area contributed by atoms with Gasteiger partial charge in [-0.05, 0) is 25.2 Å². The molecule has 0 aromatic heterocycles. The Labute approximate surface area is 112 Å². The number of hydrogen-bond donors (Lipinski definition) is 3. The van der Waals surface area contributed by atoms with E-state index >= 15 is 0 Å². The summed E-state index contributed by atoms with van der Waals surface area (Å²) in [6.45, 7) is 0.468. The smallest absolute Gasteiger partial charge is 0.326 e. The monoisotopic (exact) mass is 270 g/mol. The fraction of sp³-hybridized carbons (Fsp3) is 0.846. The summed E-state index contributed by atoms with van der Waals surface area (Å²) in [5.41, 5.74) is 0. The molecule has 3 N–H and O–H groups in total. The van der Waals surface area contributed by atoms with E-state index in [0.29, 0.717) is 12.5 Å². The largest absolute Gasteiger partial charge is 0.480 e. The highest BCUT2D eigenvalue weighted by atomic mass is 16.4. The Kier molecular flexibility index (Phi) is 4.63. The molecule has 2 fully saturated rings. The molecule has 2 aliphatic rings. The summed E-state index contributed by atoms with van der Waals surface area (Å²) >= 11 is 0. The number of aliphatic carboxylic acids is 1. The SMILES string of the molecule is O=C(O)[C@H](CCO)NC(=O)N1CCC2CCCCC21. The molecule has 3 atom stereocenters. The van der Waals surface area contributed by atoms with Crippen LogP contribution in [0.25, 0.3) is 0 Å². The summed E-state index contributed by atoms with van der Waals surface area (Å²) in [6.07, 6.45) is 5.64. The van der Waals surface area contributed by atoms with Gasteiger partial charge in [-0.2, -0.15) is 0 Å². The third-order valence-electron chi connectivity index (χ3n) is 4.28. The number of aliphatic hydroxyl groups excluding tert-OH is 1. The normalized spacial score (nSPS) is 27.7. The van der Waals surface area contributed by atoms with Gasteiger partial charge in [0.25, 0.3) is 0 Å². The summed E-state index contributed by atoms with van der Waals surface area (Å²) in [5.74, 6) is -0.512. The zero-order valence-corrected chi connectivity index (χ0v) is 11.0. The van der Waals surface area contributed by atoms with Gasteiger partial charge in [0.15, 0.2) is 0 Å². The third kappa shape index (κ3) is 3.18. The molecule has 1 saturated heterocycles. The van der Waals surface area contributed by atoms with E-state index in [4.69, 9.17) is 10.2 Å². The maximum absolute atomic E-state index is 12.2. The Morgan fingerprint density at radius 3 is 2.68 bits per heavy atom. The van der Waals surface area contributed by atoms with Crippen LogP contribution in [0.4, 0.5) is 4.79 Å². The van der Waals surface area contributed by atoms with Crippen molar-refractivity contribution in [1.29, 1.82) is 0 Å². The highest BCUT2D eigenvalue weighted by Gasteiger charge is 2.38. The molecule has 1 heterocycles. The molecule has 1 aliphatic carbocycles. The van der Waals surface area contributed by atoms with Crippen molar-refractivity contribution in [3.8, 4) is 0 Å². The first kappa shape index (κ1) is 14.1. The van der Waals surface area contributed by atoms with Crippen LogP contribution < -0.4 is 5.32 Å². The van der Waals surface area contributed by atoms with E-state index < -0.39 is 12.0 Å². The van der Waals surface area contributed by atoms with Gasteiger partial charge in [-0.1, -0.05) is 12.8 Å². The average molecular weight is 270 g/mol. The van der Waals surface area contributed by atoms with Gasteiger partial charge in [0.05, 0.1) is 0 Å². The van der Waals surface area contributed by atoms with Gasteiger partial charge in [-0.25, -0.2) is 9.59 Å². The minimum Gasteiger partial charge on any atom is -0.480 e. The third-order valence-corrected chi connectivity index (χ3v) is 4.28. The van der Waals surface area contributed by atoms with Crippen LogP contribution in [-0.2, 0) is 4.79 Å². The lowest BCUT2D eigenvalue weighted by Crippen LogP contribution is -2.50. The first-order chi connectivity index (χ1) is 9.13. The molecule has 0 aromatic rings. The number of aliphatic hydroxyl groups is 1. The van der Waals surface area contributed by atoms with Crippen molar-refractivity contribution in [1.82, 2.24) is 10.2 Å². The van der Waals surface area contributed by atoms with Gasteiger partial charge in [0.2, 0.25) is 0 Å². The van der Waals surface area contributed by atoms with Gasteiger partial charge in [-0.3, -0.25) is 0 Å². The molecule has 1 aliphatic heterocycles. The zero-order chi connectivity index (χ0) is 13.8. The van der Waals surface area contributed by atoms with Crippen molar-refractivity contribution < 1.29 is 19.8 Å². The Bertz CT molecular complexity index is 348. The molecule has 108 valence electrons. The van der Waals surface area contributed by atoms with Crippen LogP contribution in [0.3, 0.4) is 0 Å². The molecule has 0 radical (unpaired) electrons. The molecular weight excluding hydrogens is 248 g/mol. The van der Waals surface area contributed by atoms with Gasteiger partial charge < -0.3 is 20.4 Å².